The molecule has 1 heteroatoms. The second kappa shape index (κ2) is 5.82. The van der Waals surface area contributed by atoms with Crippen LogP contribution in [0.25, 0.3) is 0 Å². The van der Waals surface area contributed by atoms with Gasteiger partial charge < -0.3 is 5.11 Å². The van der Waals surface area contributed by atoms with Crippen molar-refractivity contribution in [3.05, 3.63) is 36.5 Å². The molecule has 1 aliphatic rings. The highest BCUT2D eigenvalue weighted by Gasteiger charge is 2.20. The van der Waals surface area contributed by atoms with Gasteiger partial charge in [0.2, 0.25) is 0 Å². The molecule has 0 bridgehead atoms. The largest absolute Gasteiger partial charge is 0.393 e. The zero-order chi connectivity index (χ0) is 10.4. The van der Waals surface area contributed by atoms with Crippen LogP contribution in [0.15, 0.2) is 36.5 Å². The van der Waals surface area contributed by atoms with E-state index in [1.165, 1.54) is 5.57 Å². The fourth-order valence-corrected chi connectivity index (χ4v) is 1.99. The lowest BCUT2D eigenvalue weighted by Gasteiger charge is -2.26. The molecule has 14 heavy (non-hydrogen) atoms. The first-order valence-electron chi connectivity index (χ1n) is 5.41. The van der Waals surface area contributed by atoms with Crippen LogP contribution in [0, 0.1) is 5.92 Å². The van der Waals surface area contributed by atoms with E-state index in [2.05, 4.69) is 18.7 Å². The van der Waals surface area contributed by atoms with Crippen LogP contribution in [-0.4, -0.2) is 11.2 Å². The minimum absolute atomic E-state index is 0.0703. The highest BCUT2D eigenvalue weighted by Crippen LogP contribution is 2.30. The van der Waals surface area contributed by atoms with Crippen LogP contribution in [0.4, 0.5) is 0 Å². The quantitative estimate of drug-likeness (QED) is 0.681. The summed E-state index contributed by atoms with van der Waals surface area (Å²) in [6, 6.07) is 0. The molecule has 1 saturated carbocycles. The van der Waals surface area contributed by atoms with Gasteiger partial charge in [-0.2, -0.15) is 0 Å². The molecule has 1 N–H and O–H groups in total. The van der Waals surface area contributed by atoms with Crippen molar-refractivity contribution in [1.82, 2.24) is 0 Å². The fourth-order valence-electron chi connectivity index (χ4n) is 1.99. The maximum absolute atomic E-state index is 9.40. The molecule has 1 rings (SSSR count). The minimum Gasteiger partial charge on any atom is -0.393 e. The molecule has 0 atom stereocenters. The molecule has 0 aromatic heterocycles. The Morgan fingerprint density at radius 2 is 1.93 bits per heavy atom. The Hall–Kier alpha value is -0.820. The van der Waals surface area contributed by atoms with E-state index in [0.717, 1.165) is 25.7 Å². The van der Waals surface area contributed by atoms with E-state index in [1.807, 2.05) is 19.1 Å². The molecule has 0 aromatic carbocycles. The fraction of sp³-hybridized carbons (Fsp3) is 0.538. The maximum Gasteiger partial charge on any atom is 0.0540 e. The predicted molar refractivity (Wildman–Crippen MR) is 61.1 cm³/mol. The summed E-state index contributed by atoms with van der Waals surface area (Å²) in [5.41, 5.74) is 1.31. The van der Waals surface area contributed by atoms with Crippen molar-refractivity contribution in [3.8, 4) is 0 Å². The van der Waals surface area contributed by atoms with Crippen molar-refractivity contribution in [2.45, 2.75) is 38.7 Å². The van der Waals surface area contributed by atoms with Crippen molar-refractivity contribution in [2.75, 3.05) is 0 Å². The van der Waals surface area contributed by atoms with Crippen molar-refractivity contribution in [2.24, 2.45) is 5.92 Å². The van der Waals surface area contributed by atoms with Gasteiger partial charge in [-0.1, -0.05) is 30.9 Å². The summed E-state index contributed by atoms with van der Waals surface area (Å²) < 4.78 is 0. The lowest BCUT2D eigenvalue weighted by molar-refractivity contribution is 0.116. The lowest BCUT2D eigenvalue weighted by Crippen LogP contribution is -2.18. The van der Waals surface area contributed by atoms with Crippen LogP contribution in [-0.2, 0) is 0 Å². The molecule has 0 heterocycles. The molecule has 0 spiro atoms. The third-order valence-electron chi connectivity index (χ3n) is 2.88. The van der Waals surface area contributed by atoms with E-state index in [1.54, 1.807) is 0 Å². The van der Waals surface area contributed by atoms with Crippen molar-refractivity contribution in [3.63, 3.8) is 0 Å². The van der Waals surface area contributed by atoms with Crippen LogP contribution >= 0.6 is 0 Å². The van der Waals surface area contributed by atoms with E-state index in [9.17, 15) is 5.11 Å². The Morgan fingerprint density at radius 1 is 1.29 bits per heavy atom. The normalized spacial score (nSPS) is 29.4. The number of aliphatic hydroxyl groups excluding tert-OH is 1. The lowest BCUT2D eigenvalue weighted by atomic mass is 9.82. The molecule has 0 aliphatic heterocycles. The van der Waals surface area contributed by atoms with E-state index < -0.39 is 0 Å². The zero-order valence-electron chi connectivity index (χ0n) is 8.95. The molecule has 0 saturated heterocycles. The minimum atomic E-state index is -0.0703. The summed E-state index contributed by atoms with van der Waals surface area (Å²) in [7, 11) is 0. The average Bonchev–Trinajstić information content (AvgIpc) is 2.21. The molecule has 0 unspecified atom stereocenters. The third-order valence-corrected chi connectivity index (χ3v) is 2.88. The zero-order valence-corrected chi connectivity index (χ0v) is 8.95. The Bertz CT molecular complexity index is 230. The average molecular weight is 192 g/mol. The predicted octanol–water partition coefficient (Wildman–Crippen LogP) is 3.23. The molecular weight excluding hydrogens is 172 g/mol. The molecule has 0 amide bonds. The summed E-state index contributed by atoms with van der Waals surface area (Å²) in [6.45, 7) is 5.86. The Balaban J connectivity index is 2.57. The van der Waals surface area contributed by atoms with E-state index >= 15 is 0 Å². The van der Waals surface area contributed by atoms with Crippen molar-refractivity contribution in [1.29, 1.82) is 0 Å². The molecule has 0 aromatic rings. The molecule has 0 radical (unpaired) electrons. The van der Waals surface area contributed by atoms with E-state index in [4.69, 9.17) is 0 Å². The van der Waals surface area contributed by atoms with Gasteiger partial charge in [-0.05, 0) is 44.1 Å². The van der Waals surface area contributed by atoms with Crippen LogP contribution < -0.4 is 0 Å². The summed E-state index contributed by atoms with van der Waals surface area (Å²) in [6.07, 6.45) is 12.2. The second-order valence-corrected chi connectivity index (χ2v) is 3.90. The summed E-state index contributed by atoms with van der Waals surface area (Å²) in [4.78, 5) is 0. The van der Waals surface area contributed by atoms with Crippen LogP contribution in [0.2, 0.25) is 0 Å². The monoisotopic (exact) mass is 192 g/mol. The van der Waals surface area contributed by atoms with Gasteiger partial charge in [-0.3, -0.25) is 0 Å². The molecular formula is C13H20O. The Labute approximate surface area is 86.8 Å². The standard InChI is InChI=1S/C13H20O/c1-3-5-6-11(4-2)12-7-9-13(14)10-8-12/h3-6,12-14H,2,7-10H2,1H3/b5-3-,11-6+. The SMILES string of the molecule is C=C/C(=C\C=C/C)C1CCC(O)CC1. The topological polar surface area (TPSA) is 20.2 Å². The second-order valence-electron chi connectivity index (χ2n) is 3.90. The summed E-state index contributed by atoms with van der Waals surface area (Å²) in [5.74, 6) is 0.604. The van der Waals surface area contributed by atoms with Gasteiger partial charge in [0.1, 0.15) is 0 Å². The van der Waals surface area contributed by atoms with E-state index in [-0.39, 0.29) is 6.10 Å². The number of hydrogen-bond donors (Lipinski definition) is 1. The number of allylic oxidation sites excluding steroid dienone is 5. The maximum atomic E-state index is 9.40. The summed E-state index contributed by atoms with van der Waals surface area (Å²) >= 11 is 0. The van der Waals surface area contributed by atoms with Gasteiger partial charge in [-0.15, -0.1) is 0 Å². The van der Waals surface area contributed by atoms with E-state index in [0.29, 0.717) is 5.92 Å². The van der Waals surface area contributed by atoms with Crippen LogP contribution in [0.3, 0.4) is 0 Å². The first-order chi connectivity index (χ1) is 6.77. The third kappa shape index (κ3) is 3.15. The van der Waals surface area contributed by atoms with Crippen molar-refractivity contribution < 1.29 is 5.11 Å². The molecule has 1 nitrogen and oxygen atoms in total. The molecule has 1 fully saturated rings. The highest BCUT2D eigenvalue weighted by atomic mass is 16.3. The molecule has 1 aliphatic carbocycles. The van der Waals surface area contributed by atoms with Crippen LogP contribution in [0.1, 0.15) is 32.6 Å². The van der Waals surface area contributed by atoms with Gasteiger partial charge in [0.25, 0.3) is 0 Å². The smallest absolute Gasteiger partial charge is 0.0540 e. The molecule has 78 valence electrons. The number of aliphatic hydroxyl groups is 1. The van der Waals surface area contributed by atoms with Crippen LogP contribution in [0.5, 0.6) is 0 Å². The Morgan fingerprint density at radius 3 is 2.43 bits per heavy atom. The Kier molecular flexibility index (Phi) is 4.68. The van der Waals surface area contributed by atoms with Gasteiger partial charge in [0, 0.05) is 0 Å². The number of rotatable bonds is 3. The summed E-state index contributed by atoms with van der Waals surface area (Å²) in [5, 5.41) is 9.40. The first-order valence-corrected chi connectivity index (χ1v) is 5.41. The highest BCUT2D eigenvalue weighted by molar-refractivity contribution is 5.25. The first kappa shape index (κ1) is 11.3. The van der Waals surface area contributed by atoms with Gasteiger partial charge in [-0.25, -0.2) is 0 Å². The number of hydrogen-bond acceptors (Lipinski definition) is 1. The van der Waals surface area contributed by atoms with Crippen molar-refractivity contribution >= 4 is 0 Å². The van der Waals surface area contributed by atoms with Gasteiger partial charge in [0.15, 0.2) is 0 Å². The van der Waals surface area contributed by atoms with Gasteiger partial charge >= 0.3 is 0 Å². The van der Waals surface area contributed by atoms with Gasteiger partial charge in [0.05, 0.1) is 6.10 Å².